The van der Waals surface area contributed by atoms with Crippen molar-refractivity contribution in [1.82, 2.24) is 10.2 Å². The van der Waals surface area contributed by atoms with Crippen LogP contribution in [0.15, 0.2) is 66.7 Å². The van der Waals surface area contributed by atoms with Crippen LogP contribution in [0.3, 0.4) is 0 Å². The molecule has 0 aliphatic carbocycles. The number of imide groups is 1. The van der Waals surface area contributed by atoms with Gasteiger partial charge in [0, 0.05) is 19.3 Å². The van der Waals surface area contributed by atoms with Gasteiger partial charge in [-0.3, -0.25) is 29.0 Å². The third-order valence-corrected chi connectivity index (χ3v) is 6.76. The van der Waals surface area contributed by atoms with Gasteiger partial charge < -0.3 is 5.32 Å². The van der Waals surface area contributed by atoms with Crippen molar-refractivity contribution in [2.75, 3.05) is 18.5 Å². The molecule has 0 saturated heterocycles. The number of rotatable bonds is 8. The SMILES string of the molecule is CNC(=O)C(C)N(C(=O)[C@@H](S)CCCN1C(=O)c2ccccc2C1=O)c1ccc2ccccc2c1. The first kappa shape index (κ1) is 24.5. The second-order valence-electron chi connectivity index (χ2n) is 8.50. The van der Waals surface area contributed by atoms with E-state index in [4.69, 9.17) is 0 Å². The summed E-state index contributed by atoms with van der Waals surface area (Å²) < 4.78 is 0. The van der Waals surface area contributed by atoms with Crippen molar-refractivity contribution >= 4 is 52.7 Å². The highest BCUT2D eigenvalue weighted by atomic mass is 32.1. The molecular weight excluding hydrogens is 462 g/mol. The molecule has 0 spiro atoms. The van der Waals surface area contributed by atoms with Crippen molar-refractivity contribution in [3.05, 3.63) is 77.9 Å². The van der Waals surface area contributed by atoms with Gasteiger partial charge in [0.1, 0.15) is 6.04 Å². The zero-order chi connectivity index (χ0) is 25.1. The maximum absolute atomic E-state index is 13.5. The predicted molar refractivity (Wildman–Crippen MR) is 139 cm³/mol. The fraction of sp³-hybridized carbons (Fsp3) is 0.259. The summed E-state index contributed by atoms with van der Waals surface area (Å²) in [6.07, 6.45) is 0.741. The molecule has 1 aliphatic rings. The Bertz CT molecular complexity index is 1270. The van der Waals surface area contributed by atoms with E-state index in [1.54, 1.807) is 31.2 Å². The number of fused-ring (bicyclic) bond motifs is 2. The van der Waals surface area contributed by atoms with Crippen LogP contribution in [0.1, 0.15) is 40.5 Å². The van der Waals surface area contributed by atoms with Crippen molar-refractivity contribution in [2.45, 2.75) is 31.1 Å². The Kier molecular flexibility index (Phi) is 7.21. The monoisotopic (exact) mass is 489 g/mol. The molecule has 7 nitrogen and oxygen atoms in total. The Morgan fingerprint density at radius 3 is 2.17 bits per heavy atom. The number of likely N-dealkylation sites (N-methyl/N-ethyl adjacent to an activating group) is 1. The van der Waals surface area contributed by atoms with E-state index in [1.165, 1.54) is 16.8 Å². The van der Waals surface area contributed by atoms with Crippen LogP contribution in [0.4, 0.5) is 5.69 Å². The number of carbonyl (C=O) groups is 4. The van der Waals surface area contributed by atoms with E-state index < -0.39 is 11.3 Å². The summed E-state index contributed by atoms with van der Waals surface area (Å²) in [6.45, 7) is 1.86. The van der Waals surface area contributed by atoms with Crippen molar-refractivity contribution in [3.8, 4) is 0 Å². The highest BCUT2D eigenvalue weighted by Crippen LogP contribution is 2.27. The molecule has 0 radical (unpaired) electrons. The number of nitrogens with one attached hydrogen (secondary N) is 1. The Hall–Kier alpha value is -3.65. The van der Waals surface area contributed by atoms with Gasteiger partial charge in [0.25, 0.3) is 11.8 Å². The maximum Gasteiger partial charge on any atom is 0.261 e. The molecule has 1 unspecified atom stereocenters. The zero-order valence-electron chi connectivity index (χ0n) is 19.6. The van der Waals surface area contributed by atoms with Gasteiger partial charge in [0.15, 0.2) is 0 Å². The molecule has 3 aromatic carbocycles. The summed E-state index contributed by atoms with van der Waals surface area (Å²) >= 11 is 4.54. The van der Waals surface area contributed by atoms with Crippen LogP contribution >= 0.6 is 12.6 Å². The molecular formula is C27H27N3O4S. The van der Waals surface area contributed by atoms with Gasteiger partial charge in [-0.25, -0.2) is 0 Å². The lowest BCUT2D eigenvalue weighted by molar-refractivity contribution is -0.125. The van der Waals surface area contributed by atoms with Gasteiger partial charge in [-0.2, -0.15) is 12.6 Å². The average molecular weight is 490 g/mol. The third-order valence-electron chi connectivity index (χ3n) is 6.28. The molecule has 180 valence electrons. The molecule has 8 heteroatoms. The van der Waals surface area contributed by atoms with E-state index >= 15 is 0 Å². The molecule has 0 fully saturated rings. The number of anilines is 1. The van der Waals surface area contributed by atoms with Gasteiger partial charge in [-0.15, -0.1) is 0 Å². The van der Waals surface area contributed by atoms with Crippen molar-refractivity contribution < 1.29 is 19.2 Å². The summed E-state index contributed by atoms with van der Waals surface area (Å²) in [6, 6.07) is 19.4. The molecule has 1 N–H and O–H groups in total. The smallest absolute Gasteiger partial charge is 0.261 e. The molecule has 4 amide bonds. The average Bonchev–Trinajstić information content (AvgIpc) is 3.13. The summed E-state index contributed by atoms with van der Waals surface area (Å²) in [7, 11) is 1.53. The van der Waals surface area contributed by atoms with Crippen LogP contribution in [0.5, 0.6) is 0 Å². The molecule has 0 bridgehead atoms. The lowest BCUT2D eigenvalue weighted by Crippen LogP contribution is -2.50. The molecule has 3 aromatic rings. The second kappa shape index (κ2) is 10.3. The van der Waals surface area contributed by atoms with E-state index in [0.717, 1.165) is 10.8 Å². The first-order chi connectivity index (χ1) is 16.8. The van der Waals surface area contributed by atoms with Crippen molar-refractivity contribution in [3.63, 3.8) is 0 Å². The fourth-order valence-corrected chi connectivity index (χ4v) is 4.67. The second-order valence-corrected chi connectivity index (χ2v) is 9.12. The molecule has 1 heterocycles. The summed E-state index contributed by atoms with van der Waals surface area (Å²) in [5.41, 5.74) is 1.40. The predicted octanol–water partition coefficient (Wildman–Crippen LogP) is 3.68. The minimum Gasteiger partial charge on any atom is -0.357 e. The molecule has 35 heavy (non-hydrogen) atoms. The van der Waals surface area contributed by atoms with Gasteiger partial charge in [-0.05, 0) is 54.8 Å². The van der Waals surface area contributed by atoms with Crippen LogP contribution in [0, 0.1) is 0 Å². The number of hydrogen-bond donors (Lipinski definition) is 2. The first-order valence-corrected chi connectivity index (χ1v) is 12.0. The number of thiol groups is 1. The van der Waals surface area contributed by atoms with Crippen molar-refractivity contribution in [2.24, 2.45) is 0 Å². The Morgan fingerprint density at radius 2 is 1.54 bits per heavy atom. The lowest BCUT2D eigenvalue weighted by Gasteiger charge is -2.30. The minimum atomic E-state index is -0.750. The number of carbonyl (C=O) groups excluding carboxylic acids is 4. The number of benzene rings is 3. The topological polar surface area (TPSA) is 86.8 Å². The number of amides is 4. The molecule has 0 aromatic heterocycles. The van der Waals surface area contributed by atoms with Gasteiger partial charge in [0.2, 0.25) is 11.8 Å². The maximum atomic E-state index is 13.5. The molecule has 0 saturated carbocycles. The van der Waals surface area contributed by atoms with E-state index in [0.29, 0.717) is 29.7 Å². The van der Waals surface area contributed by atoms with Gasteiger partial charge in [0.05, 0.1) is 16.4 Å². The molecule has 2 atom stereocenters. The van der Waals surface area contributed by atoms with Crippen LogP contribution < -0.4 is 10.2 Å². The number of hydrogen-bond acceptors (Lipinski definition) is 5. The van der Waals surface area contributed by atoms with E-state index in [9.17, 15) is 19.2 Å². The van der Waals surface area contributed by atoms with Crippen LogP contribution in [0.25, 0.3) is 10.8 Å². The Morgan fingerprint density at radius 1 is 0.943 bits per heavy atom. The summed E-state index contributed by atoms with van der Waals surface area (Å²) in [4.78, 5) is 53.8. The fourth-order valence-electron chi connectivity index (χ4n) is 4.36. The quantitative estimate of drug-likeness (QED) is 0.373. The summed E-state index contributed by atoms with van der Waals surface area (Å²) in [5, 5.41) is 3.87. The van der Waals surface area contributed by atoms with Gasteiger partial charge in [-0.1, -0.05) is 42.5 Å². The van der Waals surface area contributed by atoms with Crippen LogP contribution in [-0.2, 0) is 9.59 Å². The van der Waals surface area contributed by atoms with Crippen molar-refractivity contribution in [1.29, 1.82) is 0 Å². The third kappa shape index (κ3) is 4.79. The van der Waals surface area contributed by atoms with Crippen LogP contribution in [-0.4, -0.2) is 53.4 Å². The zero-order valence-corrected chi connectivity index (χ0v) is 20.5. The summed E-state index contributed by atoms with van der Waals surface area (Å²) in [5.74, 6) is -1.25. The normalized spacial score (nSPS) is 14.5. The Balaban J connectivity index is 1.48. The highest BCUT2D eigenvalue weighted by molar-refractivity contribution is 7.81. The standard InChI is InChI=1S/C27H27N3O4S/c1-17(24(31)28-2)30(20-14-13-18-8-3-4-9-19(18)16-20)27(34)23(35)12-7-15-29-25(32)21-10-5-6-11-22(21)26(29)33/h3-6,8-11,13-14,16-17,23,35H,7,12,15H2,1-2H3,(H,28,31)/t17?,23-/m0/s1. The first-order valence-electron chi connectivity index (χ1n) is 11.5. The molecule has 1 aliphatic heterocycles. The van der Waals surface area contributed by atoms with Crippen LogP contribution in [0.2, 0.25) is 0 Å². The van der Waals surface area contributed by atoms with E-state index in [2.05, 4.69) is 17.9 Å². The molecule has 4 rings (SSSR count). The largest absolute Gasteiger partial charge is 0.357 e. The number of nitrogens with zero attached hydrogens (tertiary/aromatic N) is 2. The van der Waals surface area contributed by atoms with E-state index in [-0.39, 0.29) is 30.2 Å². The van der Waals surface area contributed by atoms with E-state index in [1.807, 2.05) is 42.5 Å². The van der Waals surface area contributed by atoms with Gasteiger partial charge >= 0.3 is 0 Å². The lowest BCUT2D eigenvalue weighted by atomic mass is 10.1. The Labute approximate surface area is 209 Å². The minimum absolute atomic E-state index is 0.192. The highest BCUT2D eigenvalue weighted by Gasteiger charge is 2.35.